The number of hydrogen-bond donors (Lipinski definition) is 2. The van der Waals surface area contributed by atoms with Crippen molar-refractivity contribution in [2.75, 3.05) is 19.5 Å². The molecule has 0 unspecified atom stereocenters. The lowest BCUT2D eigenvalue weighted by atomic mass is 9.96. The van der Waals surface area contributed by atoms with Gasteiger partial charge in [-0.2, -0.15) is 0 Å². The van der Waals surface area contributed by atoms with Gasteiger partial charge in [0.05, 0.1) is 14.2 Å². The van der Waals surface area contributed by atoms with E-state index in [1.54, 1.807) is 24.3 Å². The van der Waals surface area contributed by atoms with Crippen molar-refractivity contribution >= 4 is 28.5 Å². The molecule has 2 heterocycles. The van der Waals surface area contributed by atoms with Crippen LogP contribution in [0.15, 0.2) is 67.0 Å². The molecule has 2 aromatic heterocycles. The number of H-pyrrole nitrogens is 1. The van der Waals surface area contributed by atoms with E-state index in [1.807, 2.05) is 36.5 Å². The fraction of sp³-hybridized carbons (Fsp3) is 0.0870. The Balaban J connectivity index is 1.84. The number of benzene rings is 2. The van der Waals surface area contributed by atoms with Gasteiger partial charge in [-0.05, 0) is 47.5 Å². The van der Waals surface area contributed by atoms with Crippen molar-refractivity contribution in [3.8, 4) is 17.0 Å². The molecule has 30 heavy (non-hydrogen) atoms. The summed E-state index contributed by atoms with van der Waals surface area (Å²) in [6.45, 7) is 0. The zero-order chi connectivity index (χ0) is 21.1. The van der Waals surface area contributed by atoms with Crippen LogP contribution >= 0.6 is 0 Å². The molecule has 0 aliphatic carbocycles. The topological polar surface area (TPSA) is 93.3 Å². The third kappa shape index (κ3) is 3.73. The Bertz CT molecular complexity index is 1250. The second kappa shape index (κ2) is 8.08. The number of carbonyl (C=O) groups excluding carboxylic acids is 2. The van der Waals surface area contributed by atoms with E-state index >= 15 is 0 Å². The van der Waals surface area contributed by atoms with Crippen LogP contribution in [0.2, 0.25) is 0 Å². The van der Waals surface area contributed by atoms with Gasteiger partial charge in [-0.1, -0.05) is 12.1 Å². The number of pyridine rings is 1. The van der Waals surface area contributed by atoms with Crippen molar-refractivity contribution < 1.29 is 19.1 Å². The summed E-state index contributed by atoms with van der Waals surface area (Å²) in [7, 11) is 2.78. The third-order valence-electron chi connectivity index (χ3n) is 4.74. The zero-order valence-electron chi connectivity index (χ0n) is 16.4. The van der Waals surface area contributed by atoms with E-state index in [0.29, 0.717) is 22.7 Å². The Morgan fingerprint density at radius 3 is 2.67 bits per heavy atom. The standard InChI is InChI=1S/C23H19N3O4/c1-29-21-13-14(6-8-25-21)22(27)16-10-15(11-17(12-16)26-23(28)30-2)18-4-3-5-20-19(18)7-9-24-20/h3-13,24H,1-2H3,(H,26,28). The molecule has 0 aliphatic rings. The molecule has 150 valence electrons. The number of hydrogen-bond acceptors (Lipinski definition) is 5. The molecule has 0 aliphatic heterocycles. The molecule has 2 N–H and O–H groups in total. The maximum absolute atomic E-state index is 13.2. The largest absolute Gasteiger partial charge is 0.481 e. The Hall–Kier alpha value is -4.13. The highest BCUT2D eigenvalue weighted by molar-refractivity contribution is 6.11. The fourth-order valence-electron chi connectivity index (χ4n) is 3.32. The molecule has 0 atom stereocenters. The van der Waals surface area contributed by atoms with Crippen molar-refractivity contribution in [3.63, 3.8) is 0 Å². The molecule has 0 spiro atoms. The highest BCUT2D eigenvalue weighted by atomic mass is 16.5. The molecule has 0 saturated carbocycles. The van der Waals surface area contributed by atoms with Gasteiger partial charge in [0.2, 0.25) is 5.88 Å². The summed E-state index contributed by atoms with van der Waals surface area (Å²) >= 11 is 0. The van der Waals surface area contributed by atoms with Crippen LogP contribution in [0.5, 0.6) is 5.88 Å². The summed E-state index contributed by atoms with van der Waals surface area (Å²) in [6, 6.07) is 16.3. The van der Waals surface area contributed by atoms with Gasteiger partial charge in [0.1, 0.15) is 0 Å². The summed E-state index contributed by atoms with van der Waals surface area (Å²) in [5.41, 5.74) is 4.01. The van der Waals surface area contributed by atoms with Crippen LogP contribution in [0.1, 0.15) is 15.9 Å². The number of ether oxygens (including phenoxy) is 2. The highest BCUT2D eigenvalue weighted by Crippen LogP contribution is 2.32. The molecule has 2 aromatic carbocycles. The molecule has 0 saturated heterocycles. The summed E-state index contributed by atoms with van der Waals surface area (Å²) in [5.74, 6) is 0.133. The number of nitrogens with one attached hydrogen (secondary N) is 2. The average Bonchev–Trinajstić information content (AvgIpc) is 3.27. The monoisotopic (exact) mass is 401 g/mol. The molecular formula is C23H19N3O4. The molecule has 0 radical (unpaired) electrons. The number of aromatic nitrogens is 2. The number of fused-ring (bicyclic) bond motifs is 1. The minimum atomic E-state index is -0.615. The van der Waals surface area contributed by atoms with Crippen LogP contribution in [0.25, 0.3) is 22.0 Å². The molecule has 4 rings (SSSR count). The molecule has 0 bridgehead atoms. The van der Waals surface area contributed by atoms with Crippen LogP contribution in [0.4, 0.5) is 10.5 Å². The maximum atomic E-state index is 13.2. The molecule has 1 amide bonds. The van der Waals surface area contributed by atoms with E-state index in [9.17, 15) is 9.59 Å². The van der Waals surface area contributed by atoms with E-state index < -0.39 is 6.09 Å². The van der Waals surface area contributed by atoms with E-state index in [-0.39, 0.29) is 5.78 Å². The second-order valence-corrected chi connectivity index (χ2v) is 6.58. The molecule has 0 fully saturated rings. The first-order chi connectivity index (χ1) is 14.6. The number of ketones is 1. The first-order valence-electron chi connectivity index (χ1n) is 9.20. The average molecular weight is 401 g/mol. The van der Waals surface area contributed by atoms with Gasteiger partial charge in [-0.25, -0.2) is 9.78 Å². The summed E-state index contributed by atoms with van der Waals surface area (Å²) in [4.78, 5) is 32.2. The Morgan fingerprint density at radius 1 is 1.00 bits per heavy atom. The van der Waals surface area contributed by atoms with Gasteiger partial charge >= 0.3 is 6.09 Å². The first-order valence-corrected chi connectivity index (χ1v) is 9.20. The molecule has 7 heteroatoms. The first kappa shape index (κ1) is 19.2. The lowest BCUT2D eigenvalue weighted by Gasteiger charge is -2.12. The SMILES string of the molecule is COC(=O)Nc1cc(C(=O)c2ccnc(OC)c2)cc(-c2cccc3[nH]ccc23)c1. The molecular weight excluding hydrogens is 382 g/mol. The van der Waals surface area contributed by atoms with Crippen molar-refractivity contribution in [3.05, 3.63) is 78.1 Å². The minimum absolute atomic E-state index is 0.216. The number of rotatable bonds is 5. The number of aromatic amines is 1. The van der Waals surface area contributed by atoms with Gasteiger partial charge in [0, 0.05) is 46.2 Å². The summed E-state index contributed by atoms with van der Waals surface area (Å²) in [6.07, 6.45) is 2.76. The quantitative estimate of drug-likeness (QED) is 0.475. The number of methoxy groups -OCH3 is 2. The fourth-order valence-corrected chi connectivity index (χ4v) is 3.32. The van der Waals surface area contributed by atoms with Crippen LogP contribution in [0, 0.1) is 0 Å². The summed E-state index contributed by atoms with van der Waals surface area (Å²) < 4.78 is 9.83. The van der Waals surface area contributed by atoms with Crippen LogP contribution in [-0.2, 0) is 4.74 Å². The Labute approximate surface area is 172 Å². The number of anilines is 1. The van der Waals surface area contributed by atoms with Gasteiger partial charge in [-0.3, -0.25) is 10.1 Å². The predicted molar refractivity (Wildman–Crippen MR) is 114 cm³/mol. The van der Waals surface area contributed by atoms with Crippen molar-refractivity contribution in [1.82, 2.24) is 9.97 Å². The van der Waals surface area contributed by atoms with E-state index in [2.05, 4.69) is 15.3 Å². The normalized spacial score (nSPS) is 10.6. The molecule has 7 nitrogen and oxygen atoms in total. The zero-order valence-corrected chi connectivity index (χ0v) is 16.4. The number of carbonyl (C=O) groups is 2. The van der Waals surface area contributed by atoms with Gasteiger partial charge < -0.3 is 14.5 Å². The number of amides is 1. The van der Waals surface area contributed by atoms with Crippen molar-refractivity contribution in [2.24, 2.45) is 0 Å². The number of nitrogens with zero attached hydrogens (tertiary/aromatic N) is 1. The van der Waals surface area contributed by atoms with Gasteiger partial charge in [0.15, 0.2) is 5.78 Å². The van der Waals surface area contributed by atoms with Crippen molar-refractivity contribution in [1.29, 1.82) is 0 Å². The van der Waals surface area contributed by atoms with E-state index in [1.165, 1.54) is 20.4 Å². The summed E-state index contributed by atoms with van der Waals surface area (Å²) in [5, 5.41) is 3.67. The van der Waals surface area contributed by atoms with E-state index in [0.717, 1.165) is 22.0 Å². The predicted octanol–water partition coefficient (Wildman–Crippen LogP) is 4.65. The Kier molecular flexibility index (Phi) is 5.17. The lowest BCUT2D eigenvalue weighted by Crippen LogP contribution is -2.12. The molecule has 4 aromatic rings. The maximum Gasteiger partial charge on any atom is 0.411 e. The Morgan fingerprint density at radius 2 is 1.87 bits per heavy atom. The smallest absolute Gasteiger partial charge is 0.411 e. The van der Waals surface area contributed by atoms with Crippen LogP contribution in [0.3, 0.4) is 0 Å². The highest BCUT2D eigenvalue weighted by Gasteiger charge is 2.15. The van der Waals surface area contributed by atoms with Crippen molar-refractivity contribution in [2.45, 2.75) is 0 Å². The third-order valence-corrected chi connectivity index (χ3v) is 4.74. The van der Waals surface area contributed by atoms with Crippen LogP contribution < -0.4 is 10.1 Å². The van der Waals surface area contributed by atoms with Gasteiger partial charge in [-0.15, -0.1) is 0 Å². The van der Waals surface area contributed by atoms with Crippen LogP contribution in [-0.4, -0.2) is 36.1 Å². The van der Waals surface area contributed by atoms with E-state index in [4.69, 9.17) is 9.47 Å². The minimum Gasteiger partial charge on any atom is -0.481 e. The van der Waals surface area contributed by atoms with Gasteiger partial charge in [0.25, 0.3) is 0 Å². The second-order valence-electron chi connectivity index (χ2n) is 6.58. The lowest BCUT2D eigenvalue weighted by molar-refractivity contribution is 0.103.